The Kier molecular flexibility index (Phi) is 5.79. The summed E-state index contributed by atoms with van der Waals surface area (Å²) >= 11 is 1.55. The number of rotatable bonds is 6. The smallest absolute Gasteiger partial charge is 0.255 e. The predicted molar refractivity (Wildman–Crippen MR) is 102 cm³/mol. The van der Waals surface area contributed by atoms with E-state index in [1.54, 1.807) is 18.4 Å². The molecule has 0 saturated heterocycles. The van der Waals surface area contributed by atoms with Gasteiger partial charge in [0.05, 0.1) is 22.7 Å². The molecule has 1 amide bonds. The number of fused-ring (bicyclic) bond motifs is 1. The summed E-state index contributed by atoms with van der Waals surface area (Å²) < 4.78 is 8.41. The van der Waals surface area contributed by atoms with Crippen LogP contribution in [-0.2, 0) is 16.1 Å². The summed E-state index contributed by atoms with van der Waals surface area (Å²) in [7, 11) is 1.68. The minimum atomic E-state index is -0.206. The first-order chi connectivity index (χ1) is 12.2. The van der Waals surface area contributed by atoms with Gasteiger partial charge in [-0.2, -0.15) is 4.99 Å². The number of para-hydroxylation sites is 1. The number of aromatic nitrogens is 1. The van der Waals surface area contributed by atoms with E-state index in [1.807, 2.05) is 49.4 Å². The molecule has 4 nitrogen and oxygen atoms in total. The normalized spacial score (nSPS) is 13.3. The molecular weight excluding hydrogens is 332 g/mol. The molecule has 3 rings (SSSR count). The van der Waals surface area contributed by atoms with E-state index < -0.39 is 0 Å². The third-order valence-corrected chi connectivity index (χ3v) is 5.28. The van der Waals surface area contributed by atoms with Crippen LogP contribution in [0.15, 0.2) is 59.6 Å². The fourth-order valence-electron chi connectivity index (χ4n) is 2.92. The van der Waals surface area contributed by atoms with E-state index in [-0.39, 0.29) is 11.8 Å². The van der Waals surface area contributed by atoms with Crippen molar-refractivity contribution in [2.24, 2.45) is 4.99 Å². The maximum atomic E-state index is 12.8. The third-order valence-electron chi connectivity index (χ3n) is 4.22. The molecule has 1 heterocycles. The van der Waals surface area contributed by atoms with Crippen LogP contribution in [0.4, 0.5) is 0 Å². The van der Waals surface area contributed by atoms with Crippen LogP contribution in [0, 0.1) is 0 Å². The molecule has 25 heavy (non-hydrogen) atoms. The lowest BCUT2D eigenvalue weighted by Crippen LogP contribution is -2.21. The molecule has 0 N–H and O–H groups in total. The molecule has 0 spiro atoms. The summed E-state index contributed by atoms with van der Waals surface area (Å²) in [5.41, 5.74) is 2.10. The molecule has 0 saturated carbocycles. The molecule has 0 aliphatic carbocycles. The molecule has 0 aliphatic heterocycles. The highest BCUT2D eigenvalue weighted by Crippen LogP contribution is 2.21. The summed E-state index contributed by atoms with van der Waals surface area (Å²) in [4.78, 5) is 18.1. The van der Waals surface area contributed by atoms with Crippen LogP contribution in [0.25, 0.3) is 10.2 Å². The maximum Gasteiger partial charge on any atom is 0.255 e. The van der Waals surface area contributed by atoms with E-state index in [2.05, 4.69) is 21.7 Å². The monoisotopic (exact) mass is 354 g/mol. The number of hydrogen-bond donors (Lipinski definition) is 0. The van der Waals surface area contributed by atoms with Crippen LogP contribution in [0.3, 0.4) is 0 Å². The minimum absolute atomic E-state index is 0.0913. The largest absolute Gasteiger partial charge is 0.383 e. The fourth-order valence-corrected chi connectivity index (χ4v) is 3.98. The van der Waals surface area contributed by atoms with Gasteiger partial charge in [-0.05, 0) is 24.1 Å². The van der Waals surface area contributed by atoms with Crippen LogP contribution in [-0.4, -0.2) is 24.2 Å². The molecule has 3 aromatic rings. The van der Waals surface area contributed by atoms with Gasteiger partial charge < -0.3 is 9.30 Å². The topological polar surface area (TPSA) is 43.6 Å². The minimum Gasteiger partial charge on any atom is -0.383 e. The second-order valence-corrected chi connectivity index (χ2v) is 6.83. The van der Waals surface area contributed by atoms with Gasteiger partial charge in [0.15, 0.2) is 4.80 Å². The van der Waals surface area contributed by atoms with Crippen molar-refractivity contribution in [3.8, 4) is 0 Å². The number of nitrogens with zero attached hydrogens (tertiary/aromatic N) is 2. The summed E-state index contributed by atoms with van der Waals surface area (Å²) in [6.45, 7) is 3.28. The zero-order valence-corrected chi connectivity index (χ0v) is 15.3. The quantitative estimate of drug-likeness (QED) is 0.672. The zero-order chi connectivity index (χ0) is 17.6. The van der Waals surface area contributed by atoms with E-state index >= 15 is 0 Å². The molecular formula is C20H22N2O2S. The Hall–Kier alpha value is -2.24. The summed E-state index contributed by atoms with van der Waals surface area (Å²) in [5.74, 6) is -0.297. The summed E-state index contributed by atoms with van der Waals surface area (Å²) in [6.07, 6.45) is 0.731. The average Bonchev–Trinajstić information content (AvgIpc) is 2.98. The first-order valence-electron chi connectivity index (χ1n) is 8.45. The standard InChI is InChI=1S/C20H22N2O2S/c1-3-16(15-9-5-4-6-10-15)19(23)21-20-22(13-14-24-2)17-11-7-8-12-18(17)25-20/h4-12,16H,3,13-14H2,1-2H3/b21-20-/t16-/m0/s1. The van der Waals surface area contributed by atoms with Gasteiger partial charge in [-0.1, -0.05) is 60.7 Å². The summed E-state index contributed by atoms with van der Waals surface area (Å²) in [6, 6.07) is 18.0. The Morgan fingerprint density at radius 2 is 1.88 bits per heavy atom. The highest BCUT2D eigenvalue weighted by atomic mass is 32.1. The van der Waals surface area contributed by atoms with Crippen molar-refractivity contribution in [3.63, 3.8) is 0 Å². The Bertz CT molecular complexity index is 912. The lowest BCUT2D eigenvalue weighted by atomic mass is 9.96. The first-order valence-corrected chi connectivity index (χ1v) is 9.27. The summed E-state index contributed by atoms with van der Waals surface area (Å²) in [5, 5.41) is 0. The maximum absolute atomic E-state index is 12.8. The Morgan fingerprint density at radius 3 is 2.60 bits per heavy atom. The van der Waals surface area contributed by atoms with Crippen molar-refractivity contribution in [2.75, 3.05) is 13.7 Å². The molecule has 0 fully saturated rings. The highest BCUT2D eigenvalue weighted by Gasteiger charge is 2.18. The van der Waals surface area contributed by atoms with Crippen molar-refractivity contribution in [1.29, 1.82) is 0 Å². The van der Waals surface area contributed by atoms with Crippen molar-refractivity contribution in [3.05, 3.63) is 65.0 Å². The lowest BCUT2D eigenvalue weighted by molar-refractivity contribution is -0.119. The van der Waals surface area contributed by atoms with Crippen molar-refractivity contribution in [1.82, 2.24) is 4.57 Å². The highest BCUT2D eigenvalue weighted by molar-refractivity contribution is 7.16. The van der Waals surface area contributed by atoms with Gasteiger partial charge in [0.2, 0.25) is 0 Å². The van der Waals surface area contributed by atoms with Gasteiger partial charge in [0.25, 0.3) is 5.91 Å². The number of hydrogen-bond acceptors (Lipinski definition) is 3. The molecule has 0 radical (unpaired) electrons. The van der Waals surface area contributed by atoms with E-state index in [0.29, 0.717) is 13.2 Å². The molecule has 0 aliphatic rings. The Labute approximate surface area is 151 Å². The Balaban J connectivity index is 2.03. The lowest BCUT2D eigenvalue weighted by Gasteiger charge is -2.11. The Morgan fingerprint density at radius 1 is 1.16 bits per heavy atom. The van der Waals surface area contributed by atoms with Crippen LogP contribution in [0.1, 0.15) is 24.8 Å². The number of carbonyl (C=O) groups excluding carboxylic acids is 1. The van der Waals surface area contributed by atoms with Crippen LogP contribution in [0.2, 0.25) is 0 Å². The zero-order valence-electron chi connectivity index (χ0n) is 14.5. The van der Waals surface area contributed by atoms with Gasteiger partial charge in [-0.25, -0.2) is 0 Å². The van der Waals surface area contributed by atoms with E-state index in [1.165, 1.54) is 0 Å². The van der Waals surface area contributed by atoms with Gasteiger partial charge >= 0.3 is 0 Å². The second kappa shape index (κ2) is 8.23. The molecule has 2 aromatic carbocycles. The van der Waals surface area contributed by atoms with Crippen molar-refractivity contribution >= 4 is 27.5 Å². The van der Waals surface area contributed by atoms with Crippen LogP contribution in [0.5, 0.6) is 0 Å². The third kappa shape index (κ3) is 3.89. The van der Waals surface area contributed by atoms with Crippen LogP contribution >= 0.6 is 11.3 Å². The van der Waals surface area contributed by atoms with E-state index in [0.717, 1.165) is 27.0 Å². The first kappa shape index (κ1) is 17.6. The molecule has 5 heteroatoms. The molecule has 1 aromatic heterocycles. The number of benzene rings is 2. The van der Waals surface area contributed by atoms with Gasteiger partial charge in [-0.15, -0.1) is 0 Å². The molecule has 0 unspecified atom stereocenters. The molecule has 1 atom stereocenters. The number of thiazole rings is 1. The number of ether oxygens (including phenoxy) is 1. The van der Waals surface area contributed by atoms with Crippen molar-refractivity contribution in [2.45, 2.75) is 25.8 Å². The fraction of sp³-hybridized carbons (Fsp3) is 0.300. The van der Waals surface area contributed by atoms with Crippen molar-refractivity contribution < 1.29 is 9.53 Å². The van der Waals surface area contributed by atoms with Gasteiger partial charge in [0.1, 0.15) is 0 Å². The SMILES string of the molecule is CC[C@H](C(=O)/N=c1\sc2ccccc2n1CCOC)c1ccccc1. The van der Waals surface area contributed by atoms with E-state index in [9.17, 15) is 4.79 Å². The molecule has 0 bridgehead atoms. The van der Waals surface area contributed by atoms with Gasteiger partial charge in [-0.3, -0.25) is 4.79 Å². The number of amides is 1. The van der Waals surface area contributed by atoms with E-state index in [4.69, 9.17) is 4.74 Å². The number of methoxy groups -OCH3 is 1. The predicted octanol–water partition coefficient (Wildman–Crippen LogP) is 3.97. The van der Waals surface area contributed by atoms with Gasteiger partial charge in [0, 0.05) is 13.7 Å². The second-order valence-electron chi connectivity index (χ2n) is 5.82. The number of carbonyl (C=O) groups is 1. The molecule has 130 valence electrons. The van der Waals surface area contributed by atoms with Crippen LogP contribution < -0.4 is 4.80 Å². The average molecular weight is 354 g/mol.